The van der Waals surface area contributed by atoms with Gasteiger partial charge in [-0.3, -0.25) is 9.69 Å². The van der Waals surface area contributed by atoms with Gasteiger partial charge in [-0.1, -0.05) is 30.3 Å². The Morgan fingerprint density at radius 1 is 0.872 bits per heavy atom. The van der Waals surface area contributed by atoms with Crippen molar-refractivity contribution in [3.05, 3.63) is 70.8 Å². The first-order valence-electron chi connectivity index (χ1n) is 12.7. The van der Waals surface area contributed by atoms with Crippen LogP contribution in [-0.4, -0.2) is 60.1 Å². The maximum Gasteiger partial charge on any atom is 0.416 e. The van der Waals surface area contributed by atoms with Crippen molar-refractivity contribution in [1.82, 2.24) is 15.1 Å². The quantitative estimate of drug-likeness (QED) is 0.478. The molecule has 39 heavy (non-hydrogen) atoms. The second kappa shape index (κ2) is 11.8. The molecule has 1 N–H and O–H groups in total. The number of nitrogens with one attached hydrogen (secondary N) is 1. The molecular weight excluding hydrogens is 528 g/mol. The highest BCUT2D eigenvalue weighted by atomic mass is 19.4. The molecule has 0 spiro atoms. The first kappa shape index (κ1) is 28.7. The molecule has 0 saturated carbocycles. The van der Waals surface area contributed by atoms with E-state index in [-0.39, 0.29) is 24.8 Å². The van der Waals surface area contributed by atoms with Crippen molar-refractivity contribution in [3.8, 4) is 0 Å². The van der Waals surface area contributed by atoms with Crippen LogP contribution in [0.15, 0.2) is 48.5 Å². The first-order chi connectivity index (χ1) is 18.4. The van der Waals surface area contributed by atoms with Crippen LogP contribution in [0.5, 0.6) is 0 Å². The highest BCUT2D eigenvalue weighted by molar-refractivity contribution is 5.95. The van der Waals surface area contributed by atoms with Crippen LogP contribution in [0, 0.1) is 0 Å². The van der Waals surface area contributed by atoms with Crippen molar-refractivity contribution in [2.45, 2.75) is 56.7 Å². The molecule has 2 fully saturated rings. The molecule has 212 valence electrons. The summed E-state index contributed by atoms with van der Waals surface area (Å²) in [6.45, 7) is 2.26. The summed E-state index contributed by atoms with van der Waals surface area (Å²) >= 11 is 0. The molecule has 2 amide bonds. The number of benzene rings is 2. The summed E-state index contributed by atoms with van der Waals surface area (Å²) < 4.78 is 84.4. The monoisotopic (exact) mass is 557 g/mol. The second-order valence-corrected chi connectivity index (χ2v) is 9.86. The highest BCUT2D eigenvalue weighted by Crippen LogP contribution is 2.36. The van der Waals surface area contributed by atoms with Crippen LogP contribution in [0.3, 0.4) is 0 Å². The molecule has 12 heteroatoms. The molecular formula is C27H29F6N3O3. The number of nitrogens with zero attached hydrogens (tertiary/aromatic N) is 2. The summed E-state index contributed by atoms with van der Waals surface area (Å²) in [6.07, 6.45) is -7.68. The standard InChI is InChI=1S/C27H29F6N3O3/c28-26(29,30)20-13-19(14-21(15-20)27(31,32)33)24(37)34-22-8-11-36(16-22)23-7-4-10-35(12-9-23)25(38)39-17-18-5-2-1-3-6-18/h1-3,5-6,13-15,22-23H,4,7-12,16-17H2,(H,34,37)/t22?,23-/m1/s1. The average Bonchev–Trinajstić information content (AvgIpc) is 3.21. The van der Waals surface area contributed by atoms with Crippen LogP contribution in [0.4, 0.5) is 31.1 Å². The predicted molar refractivity (Wildman–Crippen MR) is 130 cm³/mol. The van der Waals surface area contributed by atoms with Crippen LogP contribution < -0.4 is 5.32 Å². The van der Waals surface area contributed by atoms with Gasteiger partial charge in [-0.05, 0) is 49.4 Å². The Morgan fingerprint density at radius 3 is 2.18 bits per heavy atom. The lowest BCUT2D eigenvalue weighted by atomic mass is 10.0. The number of alkyl halides is 6. The van der Waals surface area contributed by atoms with Gasteiger partial charge in [0.05, 0.1) is 11.1 Å². The minimum absolute atomic E-state index is 0.000878. The summed E-state index contributed by atoms with van der Waals surface area (Å²) in [6, 6.07) is 9.94. The van der Waals surface area contributed by atoms with E-state index in [1.165, 1.54) is 0 Å². The van der Waals surface area contributed by atoms with Crippen LogP contribution in [-0.2, 0) is 23.7 Å². The lowest BCUT2D eigenvalue weighted by Crippen LogP contribution is -2.40. The summed E-state index contributed by atoms with van der Waals surface area (Å²) in [5.41, 5.74) is -2.85. The largest absolute Gasteiger partial charge is 0.445 e. The van der Waals surface area contributed by atoms with E-state index in [1.807, 2.05) is 30.3 Å². The van der Waals surface area contributed by atoms with Crippen molar-refractivity contribution >= 4 is 12.0 Å². The summed E-state index contributed by atoms with van der Waals surface area (Å²) in [7, 11) is 0. The molecule has 2 aliphatic heterocycles. The summed E-state index contributed by atoms with van der Waals surface area (Å²) in [4.78, 5) is 29.0. The molecule has 0 bridgehead atoms. The smallest absolute Gasteiger partial charge is 0.416 e. The Balaban J connectivity index is 1.31. The molecule has 6 nitrogen and oxygen atoms in total. The van der Waals surface area contributed by atoms with Crippen molar-refractivity contribution in [1.29, 1.82) is 0 Å². The van der Waals surface area contributed by atoms with E-state index in [0.29, 0.717) is 51.2 Å². The molecule has 4 rings (SSSR count). The number of amides is 2. The molecule has 1 unspecified atom stereocenters. The first-order valence-corrected chi connectivity index (χ1v) is 12.7. The number of rotatable bonds is 5. The van der Waals surface area contributed by atoms with Crippen molar-refractivity contribution in [3.63, 3.8) is 0 Å². The van der Waals surface area contributed by atoms with Crippen molar-refractivity contribution < 1.29 is 40.7 Å². The zero-order chi connectivity index (χ0) is 28.2. The molecule has 2 aromatic carbocycles. The fraction of sp³-hybridized carbons (Fsp3) is 0.481. The second-order valence-electron chi connectivity index (χ2n) is 9.86. The van der Waals surface area contributed by atoms with Gasteiger partial charge in [0.2, 0.25) is 0 Å². The van der Waals surface area contributed by atoms with E-state index in [9.17, 15) is 35.9 Å². The third-order valence-corrected chi connectivity index (χ3v) is 7.08. The van der Waals surface area contributed by atoms with Gasteiger partial charge < -0.3 is 15.0 Å². The lowest BCUT2D eigenvalue weighted by molar-refractivity contribution is -0.143. The zero-order valence-corrected chi connectivity index (χ0v) is 21.0. The third kappa shape index (κ3) is 7.65. The minimum Gasteiger partial charge on any atom is -0.445 e. The van der Waals surface area contributed by atoms with E-state index in [2.05, 4.69) is 10.2 Å². The van der Waals surface area contributed by atoms with Gasteiger partial charge in [-0.25, -0.2) is 4.79 Å². The SMILES string of the molecule is O=C(NC1CCN([C@@H]2CCCN(C(=O)OCc3ccccc3)CC2)C1)c1cc(C(F)(F)F)cc(C(F)(F)F)c1. The lowest BCUT2D eigenvalue weighted by Gasteiger charge is -2.27. The number of halogens is 6. The number of hydrogen-bond donors (Lipinski definition) is 1. The average molecular weight is 558 g/mol. The van der Waals surface area contributed by atoms with Crippen LogP contribution in [0.2, 0.25) is 0 Å². The van der Waals surface area contributed by atoms with Gasteiger partial charge in [0, 0.05) is 43.8 Å². The van der Waals surface area contributed by atoms with E-state index in [1.54, 1.807) is 4.90 Å². The Morgan fingerprint density at radius 2 is 1.54 bits per heavy atom. The minimum atomic E-state index is -5.03. The number of carbonyl (C=O) groups is 2. The Hall–Kier alpha value is -3.28. The van der Waals surface area contributed by atoms with Gasteiger partial charge in [-0.15, -0.1) is 0 Å². The molecule has 2 aromatic rings. The Kier molecular flexibility index (Phi) is 8.73. The highest BCUT2D eigenvalue weighted by Gasteiger charge is 2.38. The van der Waals surface area contributed by atoms with Gasteiger partial charge in [0.25, 0.3) is 5.91 Å². The van der Waals surface area contributed by atoms with E-state index in [4.69, 9.17) is 4.74 Å². The normalized spacial score (nSPS) is 20.9. The van der Waals surface area contributed by atoms with E-state index in [0.717, 1.165) is 18.4 Å². The topological polar surface area (TPSA) is 61.9 Å². The fourth-order valence-electron chi connectivity index (χ4n) is 5.03. The zero-order valence-electron chi connectivity index (χ0n) is 21.0. The molecule has 0 radical (unpaired) electrons. The van der Waals surface area contributed by atoms with Gasteiger partial charge in [0.1, 0.15) is 6.61 Å². The van der Waals surface area contributed by atoms with Gasteiger partial charge in [-0.2, -0.15) is 26.3 Å². The number of likely N-dealkylation sites (tertiary alicyclic amines) is 2. The number of hydrogen-bond acceptors (Lipinski definition) is 4. The molecule has 2 atom stereocenters. The Labute approximate surface area is 221 Å². The maximum absolute atomic E-state index is 13.2. The maximum atomic E-state index is 13.2. The van der Waals surface area contributed by atoms with Crippen molar-refractivity contribution in [2.24, 2.45) is 0 Å². The third-order valence-electron chi connectivity index (χ3n) is 7.08. The molecule has 2 aliphatic rings. The molecule has 2 saturated heterocycles. The number of ether oxygens (including phenoxy) is 1. The predicted octanol–water partition coefficient (Wildman–Crippen LogP) is 5.72. The van der Waals surface area contributed by atoms with Gasteiger partial charge >= 0.3 is 18.4 Å². The van der Waals surface area contributed by atoms with Crippen LogP contribution in [0.25, 0.3) is 0 Å². The summed E-state index contributed by atoms with van der Waals surface area (Å²) in [5.74, 6) is -0.980. The van der Waals surface area contributed by atoms with E-state index < -0.39 is 41.0 Å². The van der Waals surface area contributed by atoms with E-state index >= 15 is 0 Å². The van der Waals surface area contributed by atoms with Gasteiger partial charge in [0.15, 0.2) is 0 Å². The Bertz CT molecular complexity index is 1120. The number of carbonyl (C=O) groups excluding carboxylic acids is 2. The van der Waals surface area contributed by atoms with Crippen LogP contribution >= 0.6 is 0 Å². The fourth-order valence-corrected chi connectivity index (χ4v) is 5.03. The molecule has 2 heterocycles. The molecule has 0 aromatic heterocycles. The van der Waals surface area contributed by atoms with Crippen molar-refractivity contribution in [2.75, 3.05) is 26.2 Å². The molecule has 0 aliphatic carbocycles. The summed E-state index contributed by atoms with van der Waals surface area (Å²) in [5, 5.41) is 2.60. The van der Waals surface area contributed by atoms with Crippen LogP contribution in [0.1, 0.15) is 52.7 Å².